The number of aromatic amines is 1. The average molecular weight is 550 g/mol. The van der Waals surface area contributed by atoms with Crippen LogP contribution in [0.3, 0.4) is 0 Å². The minimum Gasteiger partial charge on any atom is -0.427 e. The molecule has 3 aromatic carbocycles. The van der Waals surface area contributed by atoms with Gasteiger partial charge in [0, 0.05) is 30.6 Å². The zero-order valence-corrected chi connectivity index (χ0v) is 21.7. The third kappa shape index (κ3) is 5.18. The van der Waals surface area contributed by atoms with Gasteiger partial charge in [0.15, 0.2) is 0 Å². The van der Waals surface area contributed by atoms with E-state index in [2.05, 4.69) is 4.98 Å². The number of amides is 2. The Kier molecular flexibility index (Phi) is 7.02. The quantitative estimate of drug-likeness (QED) is 0.203. The molecule has 0 bridgehead atoms. The number of halogens is 1. The topological polar surface area (TPSA) is 117 Å². The number of para-hydroxylation sites is 1. The molecule has 39 heavy (non-hydrogen) atoms. The zero-order valence-electron chi connectivity index (χ0n) is 20.8. The lowest BCUT2D eigenvalue weighted by atomic mass is 10.1. The van der Waals surface area contributed by atoms with Crippen LogP contribution < -0.4 is 9.64 Å². The van der Waals surface area contributed by atoms with Gasteiger partial charge < -0.3 is 9.72 Å². The van der Waals surface area contributed by atoms with E-state index in [1.807, 2.05) is 24.3 Å². The van der Waals surface area contributed by atoms with Gasteiger partial charge in [-0.3, -0.25) is 14.4 Å². The molecule has 1 N–H and O–H groups in total. The summed E-state index contributed by atoms with van der Waals surface area (Å²) in [7, 11) is -4.29. The Morgan fingerprint density at radius 2 is 1.74 bits per heavy atom. The van der Waals surface area contributed by atoms with Crippen LogP contribution in [0.1, 0.15) is 18.9 Å². The molecule has 1 fully saturated rings. The van der Waals surface area contributed by atoms with Crippen molar-refractivity contribution < 1.29 is 31.9 Å². The summed E-state index contributed by atoms with van der Waals surface area (Å²) in [6.45, 7) is 1.16. The summed E-state index contributed by atoms with van der Waals surface area (Å²) in [5.74, 6) is -2.16. The Balaban J connectivity index is 1.47. The van der Waals surface area contributed by atoms with E-state index in [9.17, 15) is 27.2 Å². The predicted octanol–water partition coefficient (Wildman–Crippen LogP) is 3.80. The minimum absolute atomic E-state index is 0.0928. The first kappa shape index (κ1) is 26.3. The molecule has 200 valence electrons. The highest BCUT2D eigenvalue weighted by molar-refractivity contribution is 7.89. The molecule has 9 nitrogen and oxygen atoms in total. The first-order valence-electron chi connectivity index (χ1n) is 12.1. The van der Waals surface area contributed by atoms with E-state index < -0.39 is 39.7 Å². The molecule has 1 aromatic heterocycles. The largest absolute Gasteiger partial charge is 0.427 e. The van der Waals surface area contributed by atoms with Crippen molar-refractivity contribution in [3.05, 3.63) is 90.4 Å². The zero-order chi connectivity index (χ0) is 27.7. The van der Waals surface area contributed by atoms with Gasteiger partial charge in [0.1, 0.15) is 17.6 Å². The first-order chi connectivity index (χ1) is 18.6. The van der Waals surface area contributed by atoms with Crippen LogP contribution >= 0.6 is 0 Å². The molecule has 4 aromatic rings. The number of nitrogens with one attached hydrogen (secondary N) is 1. The first-order valence-corrected chi connectivity index (χ1v) is 13.6. The van der Waals surface area contributed by atoms with Crippen molar-refractivity contribution in [3.8, 4) is 5.75 Å². The van der Waals surface area contributed by atoms with Crippen LogP contribution in [-0.4, -0.2) is 48.1 Å². The number of carbonyl (C=O) groups excluding carboxylic acids is 3. The van der Waals surface area contributed by atoms with Crippen LogP contribution in [-0.2, 0) is 30.8 Å². The molecule has 0 radical (unpaired) electrons. The van der Waals surface area contributed by atoms with E-state index in [0.29, 0.717) is 0 Å². The average Bonchev–Trinajstić information content (AvgIpc) is 3.44. The summed E-state index contributed by atoms with van der Waals surface area (Å²) in [4.78, 5) is 41.7. The number of sulfonamides is 1. The number of hydrogen-bond acceptors (Lipinski definition) is 6. The number of nitrogens with zero attached hydrogens (tertiary/aromatic N) is 2. The Morgan fingerprint density at radius 3 is 2.44 bits per heavy atom. The lowest BCUT2D eigenvalue weighted by Crippen LogP contribution is -2.46. The van der Waals surface area contributed by atoms with Crippen molar-refractivity contribution in [1.29, 1.82) is 0 Å². The SMILES string of the molecule is CC(=O)Oc1ccc(N2C(=O)CC(N(CCc3c[nH]c4ccccc34)S(=O)(=O)c3ccc(F)cc3)C2=O)cc1. The molecule has 1 atom stereocenters. The number of rotatable bonds is 8. The number of benzene rings is 3. The standard InChI is InChI=1S/C28H24FN3O6S/c1-18(33)38-22-10-8-21(9-11-22)32-27(34)16-26(28(32)35)31(39(36,37)23-12-6-20(29)7-13-23)15-14-19-17-30-25-5-3-2-4-24(19)25/h2-13,17,26,30H,14-16H2,1H3. The fourth-order valence-corrected chi connectivity index (χ4v) is 6.28. The van der Waals surface area contributed by atoms with Gasteiger partial charge in [-0.05, 0) is 66.6 Å². The van der Waals surface area contributed by atoms with Crippen LogP contribution in [0, 0.1) is 5.82 Å². The fraction of sp³-hybridized carbons (Fsp3) is 0.179. The third-order valence-corrected chi connectivity index (χ3v) is 8.45. The van der Waals surface area contributed by atoms with Gasteiger partial charge >= 0.3 is 5.97 Å². The molecule has 1 aliphatic rings. The van der Waals surface area contributed by atoms with E-state index in [4.69, 9.17) is 4.74 Å². The number of hydrogen-bond donors (Lipinski definition) is 1. The van der Waals surface area contributed by atoms with Gasteiger partial charge in [0.25, 0.3) is 5.91 Å². The summed E-state index contributed by atoms with van der Waals surface area (Å²) in [5.41, 5.74) is 1.95. The normalized spacial score (nSPS) is 15.9. The highest BCUT2D eigenvalue weighted by Crippen LogP contribution is 2.31. The summed E-state index contributed by atoms with van der Waals surface area (Å²) in [6.07, 6.45) is 1.68. The van der Waals surface area contributed by atoms with Gasteiger partial charge in [-0.25, -0.2) is 17.7 Å². The van der Waals surface area contributed by atoms with Crippen LogP contribution in [0.5, 0.6) is 5.75 Å². The highest BCUT2D eigenvalue weighted by Gasteiger charge is 2.46. The molecule has 0 aliphatic carbocycles. The molecule has 5 rings (SSSR count). The Labute approximate surface area is 223 Å². The van der Waals surface area contributed by atoms with Crippen molar-refractivity contribution in [2.45, 2.75) is 30.7 Å². The Morgan fingerprint density at radius 1 is 1.05 bits per heavy atom. The highest BCUT2D eigenvalue weighted by atomic mass is 32.2. The van der Waals surface area contributed by atoms with Crippen molar-refractivity contribution in [2.24, 2.45) is 0 Å². The maximum Gasteiger partial charge on any atom is 0.308 e. The number of anilines is 1. The summed E-state index contributed by atoms with van der Waals surface area (Å²) >= 11 is 0. The van der Waals surface area contributed by atoms with Crippen LogP contribution in [0.4, 0.5) is 10.1 Å². The molecule has 2 amide bonds. The number of aromatic nitrogens is 1. The van der Waals surface area contributed by atoms with Gasteiger partial charge in [-0.1, -0.05) is 18.2 Å². The van der Waals surface area contributed by atoms with E-state index in [1.54, 1.807) is 6.20 Å². The second kappa shape index (κ2) is 10.4. The number of ether oxygens (including phenoxy) is 1. The van der Waals surface area contributed by atoms with Crippen molar-refractivity contribution in [2.75, 3.05) is 11.4 Å². The number of fused-ring (bicyclic) bond motifs is 1. The number of esters is 1. The van der Waals surface area contributed by atoms with Gasteiger partial charge in [0.05, 0.1) is 17.0 Å². The van der Waals surface area contributed by atoms with Crippen molar-refractivity contribution >= 4 is 44.4 Å². The number of imide groups is 1. The van der Waals surface area contributed by atoms with Crippen LogP contribution in [0.15, 0.2) is 83.9 Å². The minimum atomic E-state index is -4.29. The van der Waals surface area contributed by atoms with Crippen molar-refractivity contribution in [1.82, 2.24) is 9.29 Å². The lowest BCUT2D eigenvalue weighted by molar-refractivity contribution is -0.132. The predicted molar refractivity (Wildman–Crippen MR) is 141 cm³/mol. The van der Waals surface area contributed by atoms with Crippen molar-refractivity contribution in [3.63, 3.8) is 0 Å². The van der Waals surface area contributed by atoms with Gasteiger partial charge in [0.2, 0.25) is 15.9 Å². The third-order valence-electron chi connectivity index (χ3n) is 6.52. The molecule has 1 saturated heterocycles. The lowest BCUT2D eigenvalue weighted by Gasteiger charge is -2.27. The molecule has 2 heterocycles. The summed E-state index contributed by atoms with van der Waals surface area (Å²) < 4.78 is 47.1. The van der Waals surface area contributed by atoms with Crippen LogP contribution in [0.25, 0.3) is 10.9 Å². The molecule has 11 heteroatoms. The molecule has 0 saturated carbocycles. The maximum atomic E-state index is 13.8. The molecule has 0 spiro atoms. The summed E-state index contributed by atoms with van der Waals surface area (Å²) in [5, 5.41) is 0.917. The molecule has 1 aliphatic heterocycles. The van der Waals surface area contributed by atoms with E-state index >= 15 is 0 Å². The van der Waals surface area contributed by atoms with Gasteiger partial charge in [-0.2, -0.15) is 4.31 Å². The number of H-pyrrole nitrogens is 1. The molecular formula is C28H24FN3O6S. The fourth-order valence-electron chi connectivity index (χ4n) is 4.70. The Bertz CT molecular complexity index is 1670. The summed E-state index contributed by atoms with van der Waals surface area (Å²) in [6, 6.07) is 16.4. The van der Waals surface area contributed by atoms with E-state index in [0.717, 1.165) is 49.9 Å². The maximum absolute atomic E-state index is 13.8. The van der Waals surface area contributed by atoms with E-state index in [1.165, 1.54) is 31.2 Å². The monoisotopic (exact) mass is 549 g/mol. The van der Waals surface area contributed by atoms with Crippen LogP contribution in [0.2, 0.25) is 0 Å². The second-order valence-electron chi connectivity index (χ2n) is 9.05. The van der Waals surface area contributed by atoms with E-state index in [-0.39, 0.29) is 35.7 Å². The molecule has 1 unspecified atom stereocenters. The molecular weight excluding hydrogens is 525 g/mol. The smallest absolute Gasteiger partial charge is 0.308 e. The van der Waals surface area contributed by atoms with Gasteiger partial charge in [-0.15, -0.1) is 0 Å². The Hall–Kier alpha value is -4.35. The second-order valence-corrected chi connectivity index (χ2v) is 10.9. The number of carbonyl (C=O) groups is 3.